The fraction of sp³-hybridized carbons (Fsp3) is 0.500. The van der Waals surface area contributed by atoms with Gasteiger partial charge in [-0.15, -0.1) is 11.3 Å². The molecule has 3 rings (SSSR count). The van der Waals surface area contributed by atoms with E-state index in [2.05, 4.69) is 20.5 Å². The number of primary amides is 1. The van der Waals surface area contributed by atoms with E-state index in [9.17, 15) is 14.4 Å². The van der Waals surface area contributed by atoms with E-state index in [0.29, 0.717) is 59.2 Å². The zero-order valence-electron chi connectivity index (χ0n) is 20.5. The predicted octanol–water partition coefficient (Wildman–Crippen LogP) is 3.19. The number of nitrogens with zero attached hydrogens (tertiary/aromatic N) is 2. The lowest BCUT2D eigenvalue weighted by Gasteiger charge is -2.33. The van der Waals surface area contributed by atoms with Gasteiger partial charge < -0.3 is 21.1 Å². The molecule has 0 aliphatic carbocycles. The molecule has 202 valence electrons. The average Bonchev–Trinajstić information content (AvgIpc) is 3.33. The van der Waals surface area contributed by atoms with Crippen molar-refractivity contribution in [2.24, 2.45) is 11.7 Å². The third-order valence-corrected chi connectivity index (χ3v) is 8.41. The fourth-order valence-electron chi connectivity index (χ4n) is 3.75. The van der Waals surface area contributed by atoms with Crippen molar-refractivity contribution in [1.82, 2.24) is 20.5 Å². The van der Waals surface area contributed by atoms with E-state index in [1.807, 2.05) is 19.1 Å². The summed E-state index contributed by atoms with van der Waals surface area (Å²) in [5, 5.41) is 8.45. The number of amides is 3. The van der Waals surface area contributed by atoms with Crippen molar-refractivity contribution >= 4 is 64.0 Å². The van der Waals surface area contributed by atoms with Crippen LogP contribution in [0, 0.1) is 5.92 Å². The second-order valence-electron chi connectivity index (χ2n) is 8.89. The van der Waals surface area contributed by atoms with Crippen LogP contribution in [0.1, 0.15) is 35.8 Å². The topological polar surface area (TPSA) is 127 Å². The van der Waals surface area contributed by atoms with Crippen LogP contribution in [0.25, 0.3) is 0 Å². The van der Waals surface area contributed by atoms with Gasteiger partial charge in [-0.1, -0.05) is 48.0 Å². The highest BCUT2D eigenvalue weighted by Crippen LogP contribution is 2.24. The van der Waals surface area contributed by atoms with Gasteiger partial charge in [-0.05, 0) is 30.0 Å². The second-order valence-corrected chi connectivity index (χ2v) is 11.8. The summed E-state index contributed by atoms with van der Waals surface area (Å²) >= 11 is 14.7. The molecule has 0 unspecified atom stereocenters. The van der Waals surface area contributed by atoms with Crippen LogP contribution in [0.3, 0.4) is 0 Å². The van der Waals surface area contributed by atoms with Gasteiger partial charge in [0.25, 0.3) is 5.91 Å². The van der Waals surface area contributed by atoms with Crippen LogP contribution < -0.4 is 16.4 Å². The lowest BCUT2D eigenvalue weighted by atomic mass is 10.0. The summed E-state index contributed by atoms with van der Waals surface area (Å²) in [7, 11) is 0. The Hall–Kier alpha value is -1.89. The summed E-state index contributed by atoms with van der Waals surface area (Å²) in [6.07, 6.45) is 0.837. The standard InChI is InChI=1S/C24H31Cl2N5O4S2/c1-15(8-21(27)32)4-5-28-23(34)20-13-36-24(30-20)37-14-22(33)29-10-17-12-31(6-7-35-17)11-16-2-3-18(25)19(26)9-16/h2-3,9,13,15,17H,4-8,10-12,14H2,1H3,(H2,27,32)(H,28,34)(H,29,33)/t15-,17-/m0/s1. The molecule has 0 saturated carbocycles. The maximum absolute atomic E-state index is 12.4. The Balaban J connectivity index is 1.34. The first-order chi connectivity index (χ1) is 17.7. The molecule has 2 heterocycles. The van der Waals surface area contributed by atoms with Crippen LogP contribution in [-0.4, -0.2) is 72.2 Å². The minimum atomic E-state index is -0.350. The monoisotopic (exact) mass is 587 g/mol. The molecule has 2 aromatic rings. The molecule has 1 aliphatic heterocycles. The van der Waals surface area contributed by atoms with Gasteiger partial charge in [-0.25, -0.2) is 4.98 Å². The van der Waals surface area contributed by atoms with Crippen LogP contribution >= 0.6 is 46.3 Å². The number of ether oxygens (including phenoxy) is 1. The summed E-state index contributed by atoms with van der Waals surface area (Å²) in [4.78, 5) is 42.1. The molecule has 0 radical (unpaired) electrons. The van der Waals surface area contributed by atoms with Crippen LogP contribution in [0.5, 0.6) is 0 Å². The molecule has 1 aromatic carbocycles. The number of nitrogens with one attached hydrogen (secondary N) is 2. The zero-order chi connectivity index (χ0) is 26.8. The summed E-state index contributed by atoms with van der Waals surface area (Å²) in [6.45, 7) is 5.57. The largest absolute Gasteiger partial charge is 0.374 e. The number of hydrogen-bond acceptors (Lipinski definition) is 8. The highest BCUT2D eigenvalue weighted by Gasteiger charge is 2.21. The van der Waals surface area contributed by atoms with Gasteiger partial charge >= 0.3 is 0 Å². The molecule has 2 atom stereocenters. The summed E-state index contributed by atoms with van der Waals surface area (Å²) < 4.78 is 6.45. The Kier molecular flexibility index (Phi) is 11.9. The van der Waals surface area contributed by atoms with E-state index < -0.39 is 0 Å². The second kappa shape index (κ2) is 14.9. The number of nitrogens with two attached hydrogens (primary N) is 1. The highest BCUT2D eigenvalue weighted by molar-refractivity contribution is 8.01. The third-order valence-electron chi connectivity index (χ3n) is 5.65. The zero-order valence-corrected chi connectivity index (χ0v) is 23.7. The summed E-state index contributed by atoms with van der Waals surface area (Å²) in [5.74, 6) is -0.461. The normalized spacial score (nSPS) is 16.8. The Morgan fingerprint density at radius 1 is 1.30 bits per heavy atom. The Morgan fingerprint density at radius 3 is 2.86 bits per heavy atom. The number of aromatic nitrogens is 1. The van der Waals surface area contributed by atoms with Crippen LogP contribution in [0.15, 0.2) is 27.9 Å². The molecule has 9 nitrogen and oxygen atoms in total. The van der Waals surface area contributed by atoms with Crippen molar-refractivity contribution < 1.29 is 19.1 Å². The smallest absolute Gasteiger partial charge is 0.270 e. The van der Waals surface area contributed by atoms with Gasteiger partial charge in [0.1, 0.15) is 5.69 Å². The fourth-order valence-corrected chi connectivity index (χ4v) is 5.70. The van der Waals surface area contributed by atoms with Gasteiger partial charge in [0.15, 0.2) is 4.34 Å². The van der Waals surface area contributed by atoms with Crippen molar-refractivity contribution in [1.29, 1.82) is 0 Å². The molecule has 0 spiro atoms. The van der Waals surface area contributed by atoms with Crippen LogP contribution in [0.4, 0.5) is 0 Å². The lowest BCUT2D eigenvalue weighted by Crippen LogP contribution is -2.47. The number of thioether (sulfide) groups is 1. The highest BCUT2D eigenvalue weighted by atomic mass is 35.5. The van der Waals surface area contributed by atoms with Gasteiger partial charge in [-0.3, -0.25) is 19.3 Å². The Morgan fingerprint density at radius 2 is 2.11 bits per heavy atom. The first kappa shape index (κ1) is 29.7. The first-order valence-electron chi connectivity index (χ1n) is 11.9. The molecule has 3 amide bonds. The minimum Gasteiger partial charge on any atom is -0.374 e. The molecule has 1 aliphatic rings. The van der Waals surface area contributed by atoms with E-state index >= 15 is 0 Å². The van der Waals surface area contributed by atoms with Crippen molar-refractivity contribution in [3.8, 4) is 0 Å². The number of rotatable bonds is 13. The van der Waals surface area contributed by atoms with E-state index in [4.69, 9.17) is 33.7 Å². The number of hydrogen-bond donors (Lipinski definition) is 3. The van der Waals surface area contributed by atoms with Crippen molar-refractivity contribution in [2.45, 2.75) is 36.8 Å². The Bertz CT molecular complexity index is 1090. The Labute approximate surface area is 234 Å². The minimum absolute atomic E-state index is 0.0996. The van der Waals surface area contributed by atoms with Crippen molar-refractivity contribution in [3.63, 3.8) is 0 Å². The quantitative estimate of drug-likeness (QED) is 0.307. The number of halogens is 2. The van der Waals surface area contributed by atoms with Gasteiger partial charge in [0.2, 0.25) is 11.8 Å². The maximum Gasteiger partial charge on any atom is 0.270 e. The number of thiazole rings is 1. The first-order valence-corrected chi connectivity index (χ1v) is 14.5. The summed E-state index contributed by atoms with van der Waals surface area (Å²) in [6, 6.07) is 5.62. The number of carbonyl (C=O) groups excluding carboxylic acids is 3. The van der Waals surface area contributed by atoms with E-state index in [0.717, 1.165) is 18.7 Å². The molecule has 1 fully saturated rings. The molecule has 1 aromatic heterocycles. The molecular formula is C24H31Cl2N5O4S2. The number of morpholine rings is 1. The van der Waals surface area contributed by atoms with Crippen molar-refractivity contribution in [2.75, 3.05) is 38.5 Å². The van der Waals surface area contributed by atoms with E-state index in [1.54, 1.807) is 11.4 Å². The molecule has 37 heavy (non-hydrogen) atoms. The molecular weight excluding hydrogens is 557 g/mol. The number of benzene rings is 1. The predicted molar refractivity (Wildman–Crippen MR) is 147 cm³/mol. The molecule has 4 N–H and O–H groups in total. The third kappa shape index (κ3) is 10.4. The van der Waals surface area contributed by atoms with Gasteiger partial charge in [0, 0.05) is 44.5 Å². The summed E-state index contributed by atoms with van der Waals surface area (Å²) in [5.41, 5.74) is 6.57. The average molecular weight is 589 g/mol. The van der Waals surface area contributed by atoms with Gasteiger partial charge in [0.05, 0.1) is 28.5 Å². The van der Waals surface area contributed by atoms with Crippen LogP contribution in [-0.2, 0) is 20.9 Å². The molecule has 1 saturated heterocycles. The number of carbonyl (C=O) groups is 3. The molecule has 13 heteroatoms. The van der Waals surface area contributed by atoms with E-state index in [-0.39, 0.29) is 35.5 Å². The lowest BCUT2D eigenvalue weighted by molar-refractivity contribution is -0.120. The maximum atomic E-state index is 12.4. The van der Waals surface area contributed by atoms with Gasteiger partial charge in [-0.2, -0.15) is 0 Å². The van der Waals surface area contributed by atoms with Crippen molar-refractivity contribution in [3.05, 3.63) is 44.9 Å². The SMILES string of the molecule is C[C@@H](CCNC(=O)c1csc(SCC(=O)NC[C@H]2CN(Cc3ccc(Cl)c(Cl)c3)CCO2)n1)CC(N)=O. The van der Waals surface area contributed by atoms with Crippen LogP contribution in [0.2, 0.25) is 10.0 Å². The van der Waals surface area contributed by atoms with E-state index in [1.165, 1.54) is 23.1 Å². The molecule has 0 bridgehead atoms.